The summed E-state index contributed by atoms with van der Waals surface area (Å²) in [7, 11) is -3.44. The standard InChI is InChI=1S/C16H10Cl2F6N4OS/c1-7(2)6-26-14-13(30(29)16(22,23)24)11(5-25)27-28(14)12-9(17)3-8(4-10(12)18)15(19,20)21/h3-4,26H,1,6H2,2H3/p+1. The van der Waals surface area contributed by atoms with Crippen LogP contribution in [0.15, 0.2) is 29.2 Å². The van der Waals surface area contributed by atoms with E-state index in [1.165, 1.54) is 6.07 Å². The molecular weight excluding hydrogens is 481 g/mol. The van der Waals surface area contributed by atoms with Gasteiger partial charge in [0.1, 0.15) is 11.8 Å². The summed E-state index contributed by atoms with van der Waals surface area (Å²) in [5, 5.41) is 14.3. The lowest BCUT2D eigenvalue weighted by Crippen LogP contribution is -2.19. The number of halogens is 8. The summed E-state index contributed by atoms with van der Waals surface area (Å²) in [6, 6.07) is 2.46. The average molecular weight is 492 g/mol. The number of alkyl halides is 6. The zero-order valence-electron chi connectivity index (χ0n) is 14.8. The minimum Gasteiger partial charge on any atom is -0.365 e. The molecule has 0 spiro atoms. The molecule has 0 bridgehead atoms. The molecule has 2 rings (SSSR count). The largest absolute Gasteiger partial charge is 0.524 e. The summed E-state index contributed by atoms with van der Waals surface area (Å²) in [6.45, 7) is 5.02. The van der Waals surface area contributed by atoms with E-state index in [4.69, 9.17) is 23.2 Å². The quantitative estimate of drug-likeness (QED) is 0.324. The van der Waals surface area contributed by atoms with Crippen LogP contribution in [0.25, 0.3) is 5.69 Å². The van der Waals surface area contributed by atoms with Gasteiger partial charge in [0.25, 0.3) is 0 Å². The van der Waals surface area contributed by atoms with E-state index >= 15 is 0 Å². The van der Waals surface area contributed by atoms with Crippen LogP contribution in [0.4, 0.5) is 32.2 Å². The molecule has 0 amide bonds. The van der Waals surface area contributed by atoms with Crippen molar-refractivity contribution in [2.75, 3.05) is 11.9 Å². The van der Waals surface area contributed by atoms with E-state index in [0.717, 1.165) is 0 Å². The second-order valence-corrected chi connectivity index (χ2v) is 8.13. The van der Waals surface area contributed by atoms with E-state index < -0.39 is 60.2 Å². The molecule has 2 N–H and O–H groups in total. The van der Waals surface area contributed by atoms with Crippen LogP contribution in [0.1, 0.15) is 18.2 Å². The Labute approximate surface area is 178 Å². The highest BCUT2D eigenvalue weighted by molar-refractivity contribution is 7.86. The molecule has 30 heavy (non-hydrogen) atoms. The van der Waals surface area contributed by atoms with Gasteiger partial charge in [-0.2, -0.15) is 36.7 Å². The Hall–Kier alpha value is -2.23. The van der Waals surface area contributed by atoms with Crippen molar-refractivity contribution >= 4 is 39.8 Å². The van der Waals surface area contributed by atoms with E-state index in [9.17, 15) is 35.8 Å². The normalized spacial score (nSPS) is 13.1. The van der Waals surface area contributed by atoms with Crippen LogP contribution >= 0.6 is 23.2 Å². The van der Waals surface area contributed by atoms with Gasteiger partial charge in [-0.1, -0.05) is 35.4 Å². The van der Waals surface area contributed by atoms with Crippen molar-refractivity contribution in [3.63, 3.8) is 0 Å². The first-order chi connectivity index (χ1) is 13.7. The van der Waals surface area contributed by atoms with Gasteiger partial charge >= 0.3 is 22.5 Å². The van der Waals surface area contributed by atoms with Gasteiger partial charge in [0, 0.05) is 6.54 Å². The number of nitrogens with one attached hydrogen (secondary N) is 1. The molecule has 1 aromatic carbocycles. The fourth-order valence-corrected chi connectivity index (χ4v) is 3.75. The van der Waals surface area contributed by atoms with Crippen LogP contribution < -0.4 is 5.32 Å². The molecule has 0 fully saturated rings. The monoisotopic (exact) mass is 491 g/mol. The molecule has 2 aromatic rings. The number of hydrogen-bond acceptors (Lipinski definition) is 3. The first kappa shape index (κ1) is 24.0. The van der Waals surface area contributed by atoms with Crippen molar-refractivity contribution in [3.05, 3.63) is 45.6 Å². The van der Waals surface area contributed by atoms with Crippen LogP contribution in [-0.4, -0.2) is 26.0 Å². The Bertz CT molecular complexity index is 1050. The first-order valence-corrected chi connectivity index (χ1v) is 9.60. The number of nitriles is 1. The van der Waals surface area contributed by atoms with Crippen molar-refractivity contribution in [1.29, 1.82) is 5.26 Å². The smallest absolute Gasteiger partial charge is 0.365 e. The lowest BCUT2D eigenvalue weighted by atomic mass is 10.2. The highest BCUT2D eigenvalue weighted by Gasteiger charge is 2.49. The second kappa shape index (κ2) is 8.49. The maximum absolute atomic E-state index is 13.2. The van der Waals surface area contributed by atoms with Crippen LogP contribution in [-0.2, 0) is 17.0 Å². The molecule has 0 aliphatic rings. The summed E-state index contributed by atoms with van der Waals surface area (Å²) in [5.41, 5.74) is -7.08. The first-order valence-electron chi connectivity index (χ1n) is 7.66. The Morgan fingerprint density at radius 2 is 1.80 bits per heavy atom. The molecular formula is C16H11Cl2F6N4OS+. The van der Waals surface area contributed by atoms with Crippen LogP contribution in [0.5, 0.6) is 0 Å². The highest BCUT2D eigenvalue weighted by atomic mass is 35.5. The van der Waals surface area contributed by atoms with E-state index in [0.29, 0.717) is 22.4 Å². The SMILES string of the molecule is C=C(C)CNc1c(S(=[OH+])C(F)(F)F)c(C#N)nn1-c1c(Cl)cc(C(F)(F)F)cc1Cl. The zero-order chi connectivity index (χ0) is 23.0. The minimum atomic E-state index is -5.13. The molecule has 0 saturated heterocycles. The van der Waals surface area contributed by atoms with Gasteiger partial charge in [0.15, 0.2) is 16.4 Å². The van der Waals surface area contributed by atoms with E-state index in [1.54, 1.807) is 6.92 Å². The summed E-state index contributed by atoms with van der Waals surface area (Å²) in [5.74, 6) is -0.513. The third-order valence-corrected chi connectivity index (χ3v) is 5.26. The Morgan fingerprint density at radius 1 is 1.27 bits per heavy atom. The van der Waals surface area contributed by atoms with Gasteiger partial charge in [-0.3, -0.25) is 0 Å². The predicted molar refractivity (Wildman–Crippen MR) is 100 cm³/mol. The van der Waals surface area contributed by atoms with E-state index in [-0.39, 0.29) is 6.54 Å². The van der Waals surface area contributed by atoms with Gasteiger partial charge in [-0.15, -0.1) is 0 Å². The lowest BCUT2D eigenvalue weighted by Gasteiger charge is -2.15. The summed E-state index contributed by atoms with van der Waals surface area (Å²) >= 11 is 11.9. The topological polar surface area (TPSA) is 75.0 Å². The Balaban J connectivity index is 2.84. The Morgan fingerprint density at radius 3 is 2.20 bits per heavy atom. The van der Waals surface area contributed by atoms with Gasteiger partial charge in [-0.25, -0.2) is 8.89 Å². The van der Waals surface area contributed by atoms with Crippen molar-refractivity contribution in [2.45, 2.75) is 23.5 Å². The van der Waals surface area contributed by atoms with Crippen molar-refractivity contribution in [1.82, 2.24) is 9.78 Å². The Kier molecular flexibility index (Phi) is 6.80. The van der Waals surface area contributed by atoms with E-state index in [1.807, 2.05) is 0 Å². The van der Waals surface area contributed by atoms with Gasteiger partial charge < -0.3 is 5.32 Å². The summed E-state index contributed by atoms with van der Waals surface area (Å²) in [4.78, 5) is -0.904. The van der Waals surface area contributed by atoms with Crippen LogP contribution in [0.3, 0.4) is 0 Å². The van der Waals surface area contributed by atoms with Crippen molar-refractivity contribution in [2.24, 2.45) is 0 Å². The molecule has 0 radical (unpaired) electrons. The third-order valence-electron chi connectivity index (χ3n) is 3.47. The predicted octanol–water partition coefficient (Wildman–Crippen LogP) is 5.84. The number of benzene rings is 1. The number of nitrogens with zero attached hydrogens (tertiary/aromatic N) is 3. The fourth-order valence-electron chi connectivity index (χ4n) is 2.26. The fraction of sp³-hybridized carbons (Fsp3) is 0.250. The molecule has 162 valence electrons. The zero-order valence-corrected chi connectivity index (χ0v) is 17.1. The maximum Gasteiger partial charge on any atom is 0.524 e. The average Bonchev–Trinajstić information content (AvgIpc) is 2.95. The number of anilines is 1. The maximum atomic E-state index is 13.2. The number of rotatable bonds is 5. The molecule has 0 aliphatic carbocycles. The van der Waals surface area contributed by atoms with Gasteiger partial charge in [0.2, 0.25) is 0 Å². The number of hydrogen-bond donors (Lipinski definition) is 1. The highest BCUT2D eigenvalue weighted by Crippen LogP contribution is 2.41. The second-order valence-electron chi connectivity index (χ2n) is 5.88. The molecule has 14 heteroatoms. The summed E-state index contributed by atoms with van der Waals surface area (Å²) in [6.07, 6.45) is -4.78. The van der Waals surface area contributed by atoms with Gasteiger partial charge in [-0.05, 0) is 19.1 Å². The molecule has 0 saturated carbocycles. The van der Waals surface area contributed by atoms with Crippen LogP contribution in [0.2, 0.25) is 10.0 Å². The summed E-state index contributed by atoms with van der Waals surface area (Å²) < 4.78 is 88.9. The van der Waals surface area contributed by atoms with Crippen molar-refractivity contribution < 1.29 is 30.6 Å². The molecule has 1 atom stereocenters. The third kappa shape index (κ3) is 4.91. The lowest BCUT2D eigenvalue weighted by molar-refractivity contribution is -0.137. The number of aromatic nitrogens is 2. The van der Waals surface area contributed by atoms with Crippen LogP contribution in [0, 0.1) is 11.3 Å². The molecule has 1 unspecified atom stereocenters. The molecule has 1 aromatic heterocycles. The minimum absolute atomic E-state index is 0.103. The molecule has 5 nitrogen and oxygen atoms in total. The molecule has 0 aliphatic heterocycles. The molecule has 1 heterocycles. The van der Waals surface area contributed by atoms with E-state index in [2.05, 4.69) is 17.0 Å². The van der Waals surface area contributed by atoms with Crippen molar-refractivity contribution in [3.8, 4) is 11.8 Å². The van der Waals surface area contributed by atoms with Gasteiger partial charge in [0.05, 0.1) is 15.6 Å².